The summed E-state index contributed by atoms with van der Waals surface area (Å²) in [5, 5.41) is 2.78. The molecule has 2 N–H and O–H groups in total. The Morgan fingerprint density at radius 2 is 1.50 bits per heavy atom. The van der Waals surface area contributed by atoms with Crippen LogP contribution in [0.3, 0.4) is 0 Å². The Morgan fingerprint density at radius 3 is 2.25 bits per heavy atom. The second-order valence-corrected chi connectivity index (χ2v) is 7.72. The van der Waals surface area contributed by atoms with E-state index >= 15 is 0 Å². The van der Waals surface area contributed by atoms with Crippen molar-refractivity contribution in [2.75, 3.05) is 11.3 Å². The monoisotopic (exact) mass is 398 g/mol. The lowest BCUT2D eigenvalue weighted by Gasteiger charge is -2.13. The van der Waals surface area contributed by atoms with Crippen LogP contribution >= 0.6 is 0 Å². The first-order valence-corrected chi connectivity index (χ1v) is 10.1. The molecule has 0 fully saturated rings. The van der Waals surface area contributed by atoms with Crippen molar-refractivity contribution >= 4 is 21.6 Å². The van der Waals surface area contributed by atoms with Crippen molar-refractivity contribution in [2.45, 2.75) is 11.3 Å². The first-order valence-electron chi connectivity index (χ1n) is 8.66. The van der Waals surface area contributed by atoms with Gasteiger partial charge in [-0.15, -0.1) is 0 Å². The normalized spacial score (nSPS) is 11.0. The average Bonchev–Trinajstić information content (AvgIpc) is 2.69. The molecule has 0 atom stereocenters. The summed E-state index contributed by atoms with van der Waals surface area (Å²) in [4.78, 5) is 12.0. The second-order valence-electron chi connectivity index (χ2n) is 6.07. The van der Waals surface area contributed by atoms with Gasteiger partial charge >= 0.3 is 0 Å². The van der Waals surface area contributed by atoms with Gasteiger partial charge in [-0.25, -0.2) is 12.8 Å². The molecule has 28 heavy (non-hydrogen) atoms. The maximum Gasteiger partial charge on any atom is 0.264 e. The molecule has 0 spiro atoms. The lowest BCUT2D eigenvalue weighted by molar-refractivity contribution is 0.0955. The summed E-state index contributed by atoms with van der Waals surface area (Å²) in [6, 6.07) is 21.0. The molecule has 0 aliphatic carbocycles. The smallest absolute Gasteiger partial charge is 0.264 e. The molecule has 3 rings (SSSR count). The Bertz CT molecular complexity index is 1070. The van der Waals surface area contributed by atoms with Gasteiger partial charge in [-0.1, -0.05) is 54.6 Å². The summed E-state index contributed by atoms with van der Waals surface area (Å²) < 4.78 is 41.2. The molecule has 5 nitrogen and oxygen atoms in total. The van der Waals surface area contributed by atoms with Crippen molar-refractivity contribution in [2.24, 2.45) is 0 Å². The van der Waals surface area contributed by atoms with Gasteiger partial charge in [0, 0.05) is 6.54 Å². The van der Waals surface area contributed by atoms with Gasteiger partial charge in [-0.2, -0.15) is 0 Å². The van der Waals surface area contributed by atoms with Gasteiger partial charge in [0.05, 0.1) is 11.3 Å². The van der Waals surface area contributed by atoms with Gasteiger partial charge in [-0.3, -0.25) is 9.52 Å². The Balaban J connectivity index is 1.74. The minimum atomic E-state index is -4.17. The van der Waals surface area contributed by atoms with Gasteiger partial charge in [0.2, 0.25) is 0 Å². The lowest BCUT2D eigenvalue weighted by atomic mass is 10.1. The number of carbonyl (C=O) groups excluding carboxylic acids is 1. The van der Waals surface area contributed by atoms with E-state index in [1.165, 1.54) is 30.3 Å². The summed E-state index contributed by atoms with van der Waals surface area (Å²) in [6.07, 6.45) is 0.649. The fourth-order valence-corrected chi connectivity index (χ4v) is 3.85. The van der Waals surface area contributed by atoms with Gasteiger partial charge < -0.3 is 5.32 Å². The topological polar surface area (TPSA) is 75.3 Å². The highest BCUT2D eigenvalue weighted by Crippen LogP contribution is 2.21. The van der Waals surface area contributed by atoms with Crippen molar-refractivity contribution in [3.8, 4) is 0 Å². The Hall–Kier alpha value is -3.19. The maximum absolute atomic E-state index is 13.9. The molecular weight excluding hydrogens is 379 g/mol. The number of anilines is 1. The van der Waals surface area contributed by atoms with Crippen molar-refractivity contribution in [1.82, 2.24) is 5.32 Å². The van der Waals surface area contributed by atoms with Crippen LogP contribution in [0.25, 0.3) is 0 Å². The van der Waals surface area contributed by atoms with Gasteiger partial charge in [-0.05, 0) is 36.2 Å². The molecule has 0 heterocycles. The molecule has 0 aliphatic heterocycles. The predicted octanol–water partition coefficient (Wildman–Crippen LogP) is 3.60. The number of amides is 1. The maximum atomic E-state index is 13.9. The Labute approximate surface area is 163 Å². The number of halogens is 1. The first-order chi connectivity index (χ1) is 13.5. The quantitative estimate of drug-likeness (QED) is 0.639. The number of hydrogen-bond acceptors (Lipinski definition) is 3. The number of nitrogens with one attached hydrogen (secondary N) is 2. The number of hydrogen-bond donors (Lipinski definition) is 2. The molecule has 3 aromatic rings. The standard InChI is InChI=1S/C21H19FN2O3S/c22-18-11-5-7-13-20(18)28(26,27)24-19-12-6-4-10-17(19)21(25)23-15-14-16-8-2-1-3-9-16/h1-13,24H,14-15H2,(H,23,25). The Morgan fingerprint density at radius 1 is 0.857 bits per heavy atom. The second kappa shape index (κ2) is 8.67. The van der Waals surface area contributed by atoms with Crippen LogP contribution in [0.1, 0.15) is 15.9 Å². The molecule has 0 radical (unpaired) electrons. The molecule has 0 bridgehead atoms. The van der Waals surface area contributed by atoms with Crippen LogP contribution in [-0.2, 0) is 16.4 Å². The fraction of sp³-hybridized carbons (Fsp3) is 0.0952. The van der Waals surface area contributed by atoms with Crippen molar-refractivity contribution in [1.29, 1.82) is 0 Å². The summed E-state index contributed by atoms with van der Waals surface area (Å²) in [6.45, 7) is 0.400. The third-order valence-electron chi connectivity index (χ3n) is 4.08. The van der Waals surface area contributed by atoms with Crippen LogP contribution in [0.4, 0.5) is 10.1 Å². The van der Waals surface area contributed by atoms with E-state index in [1.807, 2.05) is 30.3 Å². The lowest BCUT2D eigenvalue weighted by Crippen LogP contribution is -2.27. The van der Waals surface area contributed by atoms with Crippen LogP contribution in [0.2, 0.25) is 0 Å². The molecule has 0 saturated heterocycles. The average molecular weight is 398 g/mol. The summed E-state index contributed by atoms with van der Waals surface area (Å²) in [7, 11) is -4.17. The minimum Gasteiger partial charge on any atom is -0.352 e. The number of rotatable bonds is 7. The third kappa shape index (κ3) is 4.75. The zero-order valence-electron chi connectivity index (χ0n) is 14.9. The number of sulfonamides is 1. The first kappa shape index (κ1) is 19.6. The molecule has 0 aromatic heterocycles. The molecule has 144 valence electrons. The number of benzene rings is 3. The van der Waals surface area contributed by atoms with E-state index < -0.39 is 26.6 Å². The molecule has 3 aromatic carbocycles. The van der Waals surface area contributed by atoms with E-state index in [2.05, 4.69) is 10.0 Å². The number of carbonyl (C=O) groups is 1. The van der Waals surface area contributed by atoms with Crippen LogP contribution < -0.4 is 10.0 Å². The SMILES string of the molecule is O=C(NCCc1ccccc1)c1ccccc1NS(=O)(=O)c1ccccc1F. The van der Waals surface area contributed by atoms with Crippen LogP contribution in [0, 0.1) is 5.82 Å². The van der Waals surface area contributed by atoms with E-state index in [9.17, 15) is 17.6 Å². The molecule has 0 aliphatic rings. The predicted molar refractivity (Wildman–Crippen MR) is 106 cm³/mol. The van der Waals surface area contributed by atoms with Gasteiger partial charge in [0.1, 0.15) is 10.7 Å². The van der Waals surface area contributed by atoms with Crippen LogP contribution in [0.15, 0.2) is 83.8 Å². The van der Waals surface area contributed by atoms with Crippen LogP contribution in [-0.4, -0.2) is 20.9 Å². The molecule has 0 saturated carbocycles. The molecular formula is C21H19FN2O3S. The van der Waals surface area contributed by atoms with E-state index in [4.69, 9.17) is 0 Å². The largest absolute Gasteiger partial charge is 0.352 e. The van der Waals surface area contributed by atoms with Crippen LogP contribution in [0.5, 0.6) is 0 Å². The van der Waals surface area contributed by atoms with Gasteiger partial charge in [0.15, 0.2) is 0 Å². The van der Waals surface area contributed by atoms with E-state index in [1.54, 1.807) is 12.1 Å². The van der Waals surface area contributed by atoms with E-state index in [0.29, 0.717) is 13.0 Å². The minimum absolute atomic E-state index is 0.0861. The van der Waals surface area contributed by atoms with E-state index in [-0.39, 0.29) is 11.3 Å². The molecule has 7 heteroatoms. The van der Waals surface area contributed by atoms with Gasteiger partial charge in [0.25, 0.3) is 15.9 Å². The third-order valence-corrected chi connectivity index (χ3v) is 5.48. The highest BCUT2D eigenvalue weighted by atomic mass is 32.2. The van der Waals surface area contributed by atoms with Crippen molar-refractivity contribution < 1.29 is 17.6 Å². The van der Waals surface area contributed by atoms with Crippen molar-refractivity contribution in [3.63, 3.8) is 0 Å². The fourth-order valence-electron chi connectivity index (χ4n) is 2.69. The Kier molecular flexibility index (Phi) is 6.06. The number of para-hydroxylation sites is 1. The zero-order valence-corrected chi connectivity index (χ0v) is 15.7. The summed E-state index contributed by atoms with van der Waals surface area (Å²) in [5.74, 6) is -1.28. The molecule has 0 unspecified atom stereocenters. The summed E-state index contributed by atoms with van der Waals surface area (Å²) >= 11 is 0. The highest BCUT2D eigenvalue weighted by molar-refractivity contribution is 7.92. The highest BCUT2D eigenvalue weighted by Gasteiger charge is 2.21. The van der Waals surface area contributed by atoms with Crippen molar-refractivity contribution in [3.05, 3.63) is 95.8 Å². The van der Waals surface area contributed by atoms with E-state index in [0.717, 1.165) is 11.6 Å². The molecule has 1 amide bonds. The zero-order chi connectivity index (χ0) is 20.0. The summed E-state index contributed by atoms with van der Waals surface area (Å²) in [5.41, 5.74) is 1.33.